The van der Waals surface area contributed by atoms with Crippen LogP contribution >= 0.6 is 0 Å². The van der Waals surface area contributed by atoms with Crippen LogP contribution < -0.4 is 4.90 Å². The fourth-order valence-corrected chi connectivity index (χ4v) is 3.82. The molecule has 2 aliphatic rings. The van der Waals surface area contributed by atoms with Crippen molar-refractivity contribution in [3.63, 3.8) is 0 Å². The SMILES string of the molecule is CC(C)(C)OC(=O)N1CCN(c2cccc3c2CCN(C(=O)OC(C)(C)C)C3)CC1. The van der Waals surface area contributed by atoms with Gasteiger partial charge in [-0.2, -0.15) is 0 Å². The normalized spacial score (nSPS) is 17.5. The van der Waals surface area contributed by atoms with E-state index in [-0.39, 0.29) is 12.2 Å². The molecule has 2 amide bonds. The average molecular weight is 418 g/mol. The molecule has 0 bridgehead atoms. The molecule has 0 N–H and O–H groups in total. The molecule has 2 heterocycles. The molecule has 0 spiro atoms. The van der Waals surface area contributed by atoms with Gasteiger partial charge >= 0.3 is 12.2 Å². The first kappa shape index (κ1) is 22.2. The van der Waals surface area contributed by atoms with E-state index in [1.54, 1.807) is 9.80 Å². The second kappa shape index (κ2) is 8.36. The van der Waals surface area contributed by atoms with Crippen molar-refractivity contribution in [1.29, 1.82) is 0 Å². The summed E-state index contributed by atoms with van der Waals surface area (Å²) < 4.78 is 11.0. The molecule has 2 aliphatic heterocycles. The maximum absolute atomic E-state index is 12.5. The number of piperazine rings is 1. The minimum atomic E-state index is -0.493. The minimum Gasteiger partial charge on any atom is -0.444 e. The second-order valence-corrected chi connectivity index (χ2v) is 10.0. The lowest BCUT2D eigenvalue weighted by Gasteiger charge is -2.39. The zero-order valence-electron chi connectivity index (χ0n) is 19.2. The van der Waals surface area contributed by atoms with Crippen LogP contribution in [0.3, 0.4) is 0 Å². The van der Waals surface area contributed by atoms with Crippen molar-refractivity contribution in [1.82, 2.24) is 9.80 Å². The van der Waals surface area contributed by atoms with Crippen LogP contribution in [0.4, 0.5) is 15.3 Å². The van der Waals surface area contributed by atoms with E-state index in [1.165, 1.54) is 16.8 Å². The molecule has 0 aromatic heterocycles. The monoisotopic (exact) mass is 417 g/mol. The van der Waals surface area contributed by atoms with Crippen LogP contribution in [0.15, 0.2) is 18.2 Å². The van der Waals surface area contributed by atoms with Crippen molar-refractivity contribution < 1.29 is 19.1 Å². The van der Waals surface area contributed by atoms with Gasteiger partial charge in [-0.25, -0.2) is 9.59 Å². The van der Waals surface area contributed by atoms with Crippen molar-refractivity contribution in [3.8, 4) is 0 Å². The average Bonchev–Trinajstić information content (AvgIpc) is 2.64. The smallest absolute Gasteiger partial charge is 0.410 e. The third-order valence-corrected chi connectivity index (χ3v) is 5.16. The van der Waals surface area contributed by atoms with Crippen molar-refractivity contribution in [2.45, 2.75) is 65.7 Å². The summed E-state index contributed by atoms with van der Waals surface area (Å²) >= 11 is 0. The van der Waals surface area contributed by atoms with Gasteiger partial charge in [-0.3, -0.25) is 0 Å². The largest absolute Gasteiger partial charge is 0.444 e. The number of nitrogens with zero attached hydrogens (tertiary/aromatic N) is 3. The van der Waals surface area contributed by atoms with Gasteiger partial charge in [0.15, 0.2) is 0 Å². The highest BCUT2D eigenvalue weighted by molar-refractivity contribution is 5.70. The quantitative estimate of drug-likeness (QED) is 0.690. The topological polar surface area (TPSA) is 62.3 Å². The Morgan fingerprint density at radius 2 is 1.37 bits per heavy atom. The number of carbonyl (C=O) groups is 2. The van der Waals surface area contributed by atoms with Gasteiger partial charge < -0.3 is 24.2 Å². The van der Waals surface area contributed by atoms with Crippen molar-refractivity contribution in [2.75, 3.05) is 37.6 Å². The van der Waals surface area contributed by atoms with Gasteiger partial charge in [-0.1, -0.05) is 12.1 Å². The maximum atomic E-state index is 12.5. The lowest BCUT2D eigenvalue weighted by atomic mass is 9.97. The van der Waals surface area contributed by atoms with Crippen LogP contribution in [0, 0.1) is 0 Å². The van der Waals surface area contributed by atoms with Gasteiger partial charge in [0.25, 0.3) is 0 Å². The molecule has 1 aromatic carbocycles. The highest BCUT2D eigenvalue weighted by Crippen LogP contribution is 2.30. The van der Waals surface area contributed by atoms with E-state index in [9.17, 15) is 9.59 Å². The molecule has 7 heteroatoms. The molecule has 0 radical (unpaired) electrons. The molecule has 30 heavy (non-hydrogen) atoms. The lowest BCUT2D eigenvalue weighted by Crippen LogP contribution is -2.50. The van der Waals surface area contributed by atoms with Gasteiger partial charge in [0.2, 0.25) is 0 Å². The van der Waals surface area contributed by atoms with E-state index >= 15 is 0 Å². The Balaban J connectivity index is 1.64. The Kier molecular flexibility index (Phi) is 6.20. The van der Waals surface area contributed by atoms with Crippen LogP contribution in [0.25, 0.3) is 0 Å². The maximum Gasteiger partial charge on any atom is 0.410 e. The molecule has 1 aromatic rings. The molecule has 0 unspecified atom stereocenters. The van der Waals surface area contributed by atoms with E-state index in [0.717, 1.165) is 19.5 Å². The molecule has 0 aliphatic carbocycles. The van der Waals surface area contributed by atoms with Crippen LogP contribution in [0.5, 0.6) is 0 Å². The Labute approximate surface area is 179 Å². The molecule has 166 valence electrons. The summed E-state index contributed by atoms with van der Waals surface area (Å²) in [7, 11) is 0. The number of amides is 2. The Hall–Kier alpha value is -2.44. The van der Waals surface area contributed by atoms with Crippen molar-refractivity contribution in [2.24, 2.45) is 0 Å². The summed E-state index contributed by atoms with van der Waals surface area (Å²) in [6.07, 6.45) is 0.298. The Morgan fingerprint density at radius 1 is 0.800 bits per heavy atom. The van der Waals surface area contributed by atoms with Crippen molar-refractivity contribution >= 4 is 17.9 Å². The number of hydrogen-bond acceptors (Lipinski definition) is 5. The summed E-state index contributed by atoms with van der Waals surface area (Å²) in [5.74, 6) is 0. The fourth-order valence-electron chi connectivity index (χ4n) is 3.82. The van der Waals surface area contributed by atoms with Crippen LogP contribution in [0.2, 0.25) is 0 Å². The summed E-state index contributed by atoms with van der Waals surface area (Å²) in [6.45, 7) is 15.4. The van der Waals surface area contributed by atoms with Gasteiger partial charge in [0.05, 0.1) is 0 Å². The fraction of sp³-hybridized carbons (Fsp3) is 0.652. The first-order valence-electron chi connectivity index (χ1n) is 10.7. The summed E-state index contributed by atoms with van der Waals surface area (Å²) in [5, 5.41) is 0. The third-order valence-electron chi connectivity index (χ3n) is 5.16. The molecule has 7 nitrogen and oxygen atoms in total. The van der Waals surface area contributed by atoms with Crippen LogP contribution in [-0.2, 0) is 22.4 Å². The number of carbonyl (C=O) groups excluding carboxylic acids is 2. The zero-order valence-corrected chi connectivity index (χ0v) is 19.2. The molecular formula is C23H35N3O4. The van der Waals surface area contributed by atoms with Crippen molar-refractivity contribution in [3.05, 3.63) is 29.3 Å². The van der Waals surface area contributed by atoms with Gasteiger partial charge in [-0.05, 0) is 65.2 Å². The standard InChI is InChI=1S/C23H35N3O4/c1-22(2,3)29-20(27)25-14-12-24(13-15-25)19-9-7-8-17-16-26(11-10-18(17)19)21(28)30-23(4,5)6/h7-9H,10-16H2,1-6H3. The molecule has 0 saturated carbocycles. The summed E-state index contributed by atoms with van der Waals surface area (Å²) in [5.41, 5.74) is 2.70. The van der Waals surface area contributed by atoms with Crippen LogP contribution in [0.1, 0.15) is 52.7 Å². The lowest BCUT2D eigenvalue weighted by molar-refractivity contribution is 0.0221. The van der Waals surface area contributed by atoms with Gasteiger partial charge in [-0.15, -0.1) is 0 Å². The third kappa shape index (κ3) is 5.58. The predicted molar refractivity (Wildman–Crippen MR) is 117 cm³/mol. The first-order chi connectivity index (χ1) is 13.9. The zero-order chi connectivity index (χ0) is 22.1. The summed E-state index contributed by atoms with van der Waals surface area (Å²) in [4.78, 5) is 30.7. The second-order valence-electron chi connectivity index (χ2n) is 10.0. The van der Waals surface area contributed by atoms with Gasteiger partial charge in [0, 0.05) is 45.0 Å². The van der Waals surface area contributed by atoms with Gasteiger partial charge in [0.1, 0.15) is 11.2 Å². The van der Waals surface area contributed by atoms with E-state index in [2.05, 4.69) is 17.0 Å². The Morgan fingerprint density at radius 3 is 1.93 bits per heavy atom. The molecular weight excluding hydrogens is 382 g/mol. The minimum absolute atomic E-state index is 0.245. The predicted octanol–water partition coefficient (Wildman–Crippen LogP) is 4.04. The first-order valence-corrected chi connectivity index (χ1v) is 10.7. The van der Waals surface area contributed by atoms with E-state index < -0.39 is 11.2 Å². The number of hydrogen-bond donors (Lipinski definition) is 0. The molecule has 0 atom stereocenters. The highest BCUT2D eigenvalue weighted by Gasteiger charge is 2.30. The number of benzene rings is 1. The van der Waals surface area contributed by atoms with E-state index in [0.29, 0.717) is 26.2 Å². The molecule has 1 fully saturated rings. The highest BCUT2D eigenvalue weighted by atomic mass is 16.6. The number of fused-ring (bicyclic) bond motifs is 1. The molecule has 3 rings (SSSR count). The number of rotatable bonds is 1. The number of ether oxygens (including phenoxy) is 2. The number of anilines is 1. The summed E-state index contributed by atoms with van der Waals surface area (Å²) in [6, 6.07) is 6.28. The molecule has 1 saturated heterocycles. The van der Waals surface area contributed by atoms with E-state index in [4.69, 9.17) is 9.47 Å². The van der Waals surface area contributed by atoms with Crippen LogP contribution in [-0.4, -0.2) is 65.9 Å². The van der Waals surface area contributed by atoms with E-state index in [1.807, 2.05) is 47.6 Å². The Bertz CT molecular complexity index is 787.